The molecule has 1 unspecified atom stereocenters. The van der Waals surface area contributed by atoms with Gasteiger partial charge in [-0.2, -0.15) is 0 Å². The molecule has 2 aromatic rings. The molecule has 0 saturated heterocycles. The van der Waals surface area contributed by atoms with Gasteiger partial charge in [0.05, 0.1) is 22.4 Å². The number of aromatic nitrogens is 1. The van der Waals surface area contributed by atoms with E-state index in [1.807, 2.05) is 24.4 Å². The van der Waals surface area contributed by atoms with Crippen molar-refractivity contribution in [3.05, 3.63) is 52.8 Å². The van der Waals surface area contributed by atoms with Crippen LogP contribution in [0.15, 0.2) is 36.5 Å². The van der Waals surface area contributed by atoms with Crippen LogP contribution in [0.3, 0.4) is 0 Å². The Labute approximate surface area is 128 Å². The molecule has 0 aliphatic heterocycles. The highest BCUT2D eigenvalue weighted by Crippen LogP contribution is 2.33. The Morgan fingerprint density at radius 1 is 1.38 bits per heavy atom. The number of fused-ring (bicyclic) bond motifs is 1. The van der Waals surface area contributed by atoms with E-state index >= 15 is 0 Å². The number of carbonyl (C=O) groups is 1. The second-order valence-electron chi connectivity index (χ2n) is 5.16. The fourth-order valence-corrected chi connectivity index (χ4v) is 2.88. The number of halogens is 1. The molecule has 5 heteroatoms. The molecule has 0 fully saturated rings. The van der Waals surface area contributed by atoms with Crippen molar-refractivity contribution in [3.63, 3.8) is 0 Å². The number of amides is 1. The summed E-state index contributed by atoms with van der Waals surface area (Å²) in [5.74, 6) is -0.133. The van der Waals surface area contributed by atoms with Crippen molar-refractivity contribution in [1.29, 1.82) is 0 Å². The maximum Gasteiger partial charge on any atom is 0.221 e. The normalized spacial score (nSPS) is 16.4. The summed E-state index contributed by atoms with van der Waals surface area (Å²) in [6.07, 6.45) is 3.89. The largest absolute Gasteiger partial charge is 0.377 e. The van der Waals surface area contributed by atoms with Crippen LogP contribution in [0.1, 0.15) is 30.6 Å². The number of rotatable bonds is 3. The number of nitrogens with one attached hydrogen (secondary N) is 2. The highest BCUT2D eigenvalue weighted by Gasteiger charge is 2.23. The predicted octanol–water partition coefficient (Wildman–Crippen LogP) is 3.79. The molecule has 0 bridgehead atoms. The number of aryl methyl sites for hydroxylation is 1. The van der Waals surface area contributed by atoms with Crippen LogP contribution in [-0.4, -0.2) is 10.9 Å². The number of nitrogens with zero attached hydrogens (tertiary/aromatic N) is 1. The van der Waals surface area contributed by atoms with E-state index in [1.165, 1.54) is 12.5 Å². The van der Waals surface area contributed by atoms with E-state index in [4.69, 9.17) is 11.6 Å². The molecule has 1 aliphatic carbocycles. The van der Waals surface area contributed by atoms with Gasteiger partial charge in [-0.05, 0) is 42.7 Å². The van der Waals surface area contributed by atoms with Gasteiger partial charge in [0.15, 0.2) is 0 Å². The summed E-state index contributed by atoms with van der Waals surface area (Å²) in [6.45, 7) is 1.46. The van der Waals surface area contributed by atoms with E-state index in [9.17, 15) is 4.79 Å². The molecular weight excluding hydrogens is 286 g/mol. The monoisotopic (exact) mass is 301 g/mol. The number of hydrogen-bond donors (Lipinski definition) is 2. The van der Waals surface area contributed by atoms with Gasteiger partial charge in [0.25, 0.3) is 0 Å². The number of anilines is 2. The lowest BCUT2D eigenvalue weighted by molar-refractivity contribution is -0.114. The van der Waals surface area contributed by atoms with Gasteiger partial charge in [0, 0.05) is 18.8 Å². The molecule has 0 saturated carbocycles. The molecule has 2 N–H and O–H groups in total. The van der Waals surface area contributed by atoms with E-state index in [0.717, 1.165) is 24.2 Å². The molecule has 0 spiro atoms. The zero-order valence-corrected chi connectivity index (χ0v) is 12.4. The molecular formula is C16H16ClN3O. The molecule has 1 heterocycles. The van der Waals surface area contributed by atoms with Crippen LogP contribution < -0.4 is 10.6 Å². The Morgan fingerprint density at radius 2 is 2.24 bits per heavy atom. The van der Waals surface area contributed by atoms with Crippen LogP contribution in [0.25, 0.3) is 0 Å². The summed E-state index contributed by atoms with van der Waals surface area (Å²) in [6, 6.07) is 9.85. The fraction of sp³-hybridized carbons (Fsp3) is 0.250. The third-order valence-electron chi connectivity index (χ3n) is 3.58. The lowest BCUT2D eigenvalue weighted by atomic mass is 10.2. The number of carbonyl (C=O) groups excluding carboxylic acids is 1. The van der Waals surface area contributed by atoms with Crippen LogP contribution >= 0.6 is 11.6 Å². The van der Waals surface area contributed by atoms with Crippen molar-refractivity contribution in [1.82, 2.24) is 4.98 Å². The Hall–Kier alpha value is -2.07. The molecule has 1 aromatic carbocycles. The van der Waals surface area contributed by atoms with Crippen molar-refractivity contribution >= 4 is 28.9 Å². The van der Waals surface area contributed by atoms with Gasteiger partial charge in [0.1, 0.15) is 0 Å². The van der Waals surface area contributed by atoms with E-state index in [0.29, 0.717) is 10.7 Å². The molecule has 1 aromatic heterocycles. The third-order valence-corrected chi connectivity index (χ3v) is 3.89. The van der Waals surface area contributed by atoms with Gasteiger partial charge >= 0.3 is 0 Å². The van der Waals surface area contributed by atoms with Crippen molar-refractivity contribution in [3.8, 4) is 0 Å². The molecule has 1 amide bonds. The maximum absolute atomic E-state index is 11.1. The minimum Gasteiger partial charge on any atom is -0.377 e. The molecule has 108 valence electrons. The van der Waals surface area contributed by atoms with E-state index in [2.05, 4.69) is 21.7 Å². The summed E-state index contributed by atoms with van der Waals surface area (Å²) in [7, 11) is 0. The predicted molar refractivity (Wildman–Crippen MR) is 84.7 cm³/mol. The Bertz CT molecular complexity index is 687. The minimum absolute atomic E-state index is 0.133. The summed E-state index contributed by atoms with van der Waals surface area (Å²) < 4.78 is 0. The maximum atomic E-state index is 11.1. The average molecular weight is 302 g/mol. The van der Waals surface area contributed by atoms with Crippen molar-refractivity contribution < 1.29 is 4.79 Å². The molecule has 4 nitrogen and oxygen atoms in total. The molecule has 3 rings (SSSR count). The van der Waals surface area contributed by atoms with Crippen molar-refractivity contribution in [2.75, 3.05) is 10.6 Å². The Morgan fingerprint density at radius 3 is 3.00 bits per heavy atom. The standard InChI is InChI=1S/C16H16ClN3O/c1-10(21)19-14-7-5-12(9-13(14)17)20-15-6-4-11-3-2-8-18-16(11)15/h2-3,5,7-9,15,20H,4,6H2,1H3,(H,19,21). The van der Waals surface area contributed by atoms with Gasteiger partial charge < -0.3 is 10.6 Å². The lowest BCUT2D eigenvalue weighted by Crippen LogP contribution is -2.09. The first kappa shape index (κ1) is 13.9. The average Bonchev–Trinajstić information content (AvgIpc) is 2.85. The fourth-order valence-electron chi connectivity index (χ4n) is 2.65. The van der Waals surface area contributed by atoms with E-state index in [1.54, 1.807) is 6.07 Å². The quantitative estimate of drug-likeness (QED) is 0.907. The second-order valence-corrected chi connectivity index (χ2v) is 5.57. The zero-order chi connectivity index (χ0) is 14.8. The second kappa shape index (κ2) is 5.74. The minimum atomic E-state index is -0.133. The SMILES string of the molecule is CC(=O)Nc1ccc(NC2CCc3cccnc32)cc1Cl. The van der Waals surface area contributed by atoms with E-state index < -0.39 is 0 Å². The van der Waals surface area contributed by atoms with Gasteiger partial charge in [0.2, 0.25) is 5.91 Å². The first-order chi connectivity index (χ1) is 10.1. The molecule has 21 heavy (non-hydrogen) atoms. The lowest BCUT2D eigenvalue weighted by Gasteiger charge is -2.16. The van der Waals surface area contributed by atoms with Gasteiger partial charge in [-0.1, -0.05) is 17.7 Å². The first-order valence-corrected chi connectivity index (χ1v) is 7.29. The van der Waals surface area contributed by atoms with Crippen LogP contribution in [0, 0.1) is 0 Å². The van der Waals surface area contributed by atoms with Gasteiger partial charge in [-0.3, -0.25) is 9.78 Å². The molecule has 0 radical (unpaired) electrons. The van der Waals surface area contributed by atoms with Crippen LogP contribution in [0.2, 0.25) is 5.02 Å². The van der Waals surface area contributed by atoms with Gasteiger partial charge in [-0.25, -0.2) is 0 Å². The Balaban J connectivity index is 1.77. The highest BCUT2D eigenvalue weighted by atomic mass is 35.5. The summed E-state index contributed by atoms with van der Waals surface area (Å²) in [5.41, 5.74) is 3.97. The summed E-state index contributed by atoms with van der Waals surface area (Å²) >= 11 is 6.19. The molecule has 1 aliphatic rings. The molecule has 1 atom stereocenters. The van der Waals surface area contributed by atoms with Gasteiger partial charge in [-0.15, -0.1) is 0 Å². The van der Waals surface area contributed by atoms with Crippen molar-refractivity contribution in [2.45, 2.75) is 25.8 Å². The van der Waals surface area contributed by atoms with Crippen molar-refractivity contribution in [2.24, 2.45) is 0 Å². The third kappa shape index (κ3) is 3.00. The zero-order valence-electron chi connectivity index (χ0n) is 11.7. The van der Waals surface area contributed by atoms with E-state index in [-0.39, 0.29) is 11.9 Å². The first-order valence-electron chi connectivity index (χ1n) is 6.91. The number of benzene rings is 1. The highest BCUT2D eigenvalue weighted by molar-refractivity contribution is 6.34. The van der Waals surface area contributed by atoms with Crippen LogP contribution in [0.4, 0.5) is 11.4 Å². The smallest absolute Gasteiger partial charge is 0.221 e. The topological polar surface area (TPSA) is 54.0 Å². The van der Waals surface area contributed by atoms with Crippen LogP contribution in [0.5, 0.6) is 0 Å². The summed E-state index contributed by atoms with van der Waals surface area (Å²) in [5, 5.41) is 6.68. The Kier molecular flexibility index (Phi) is 3.80. The van der Waals surface area contributed by atoms with Crippen LogP contribution in [-0.2, 0) is 11.2 Å². The number of hydrogen-bond acceptors (Lipinski definition) is 3. The number of pyridine rings is 1. The summed E-state index contributed by atoms with van der Waals surface area (Å²) in [4.78, 5) is 15.5.